The van der Waals surface area contributed by atoms with Crippen molar-refractivity contribution in [1.82, 2.24) is 0 Å². The third-order valence-electron chi connectivity index (χ3n) is 3.57. The summed E-state index contributed by atoms with van der Waals surface area (Å²) in [6.45, 7) is 13.1. The molecule has 0 bridgehead atoms. The predicted molar refractivity (Wildman–Crippen MR) is 71.3 cm³/mol. The molecule has 1 rings (SSSR count). The van der Waals surface area contributed by atoms with Gasteiger partial charge in [-0.25, -0.2) is 0 Å². The first-order chi connectivity index (χ1) is 7.33. The van der Waals surface area contributed by atoms with E-state index in [4.69, 9.17) is 9.16 Å². The monoisotopic (exact) mass is 242 g/mol. The van der Waals surface area contributed by atoms with Gasteiger partial charge >= 0.3 is 0 Å². The average molecular weight is 242 g/mol. The van der Waals surface area contributed by atoms with Gasteiger partial charge in [0.15, 0.2) is 8.32 Å². The summed E-state index contributed by atoms with van der Waals surface area (Å²) in [5.41, 5.74) is 0. The van der Waals surface area contributed by atoms with Gasteiger partial charge in [-0.05, 0) is 31.0 Å². The standard InChI is InChI=1S/C13H26O2Si/c1-13(2,3)16(4,5)15-10-8-6-7-9-12-11-14-12/h6,8,12H,7,9-11H2,1-5H3/b8-6+/t12-/m0/s1. The van der Waals surface area contributed by atoms with Crippen molar-refractivity contribution in [2.75, 3.05) is 13.2 Å². The maximum absolute atomic E-state index is 6.04. The van der Waals surface area contributed by atoms with Gasteiger partial charge in [-0.15, -0.1) is 0 Å². The molecule has 0 aliphatic carbocycles. The Labute approximate surface area is 101 Å². The van der Waals surface area contributed by atoms with Crippen molar-refractivity contribution < 1.29 is 9.16 Å². The SMILES string of the molecule is CC(C)(C)[Si](C)(C)OC/C=C/CC[C@H]1CO1. The molecule has 0 saturated carbocycles. The minimum absolute atomic E-state index is 0.308. The predicted octanol–water partition coefficient (Wildman–Crippen LogP) is 3.74. The first kappa shape index (κ1) is 13.9. The first-order valence-electron chi connectivity index (χ1n) is 6.23. The van der Waals surface area contributed by atoms with Crippen LogP contribution in [0.1, 0.15) is 33.6 Å². The van der Waals surface area contributed by atoms with Gasteiger partial charge in [-0.2, -0.15) is 0 Å². The van der Waals surface area contributed by atoms with Gasteiger partial charge in [0.1, 0.15) is 0 Å². The summed E-state index contributed by atoms with van der Waals surface area (Å²) in [6, 6.07) is 0. The first-order valence-corrected chi connectivity index (χ1v) is 9.14. The molecule has 0 amide bonds. The molecule has 2 nitrogen and oxygen atoms in total. The highest BCUT2D eigenvalue weighted by atomic mass is 28.4. The highest BCUT2D eigenvalue weighted by Gasteiger charge is 2.36. The van der Waals surface area contributed by atoms with Crippen LogP contribution in [0.15, 0.2) is 12.2 Å². The van der Waals surface area contributed by atoms with Crippen molar-refractivity contribution in [2.24, 2.45) is 0 Å². The zero-order chi connectivity index (χ0) is 12.2. The van der Waals surface area contributed by atoms with Crippen molar-refractivity contribution in [1.29, 1.82) is 0 Å². The van der Waals surface area contributed by atoms with E-state index in [1.807, 2.05) is 0 Å². The van der Waals surface area contributed by atoms with Gasteiger partial charge in [0.2, 0.25) is 0 Å². The van der Waals surface area contributed by atoms with E-state index < -0.39 is 8.32 Å². The van der Waals surface area contributed by atoms with E-state index in [1.54, 1.807) is 0 Å². The minimum atomic E-state index is -1.55. The molecule has 0 aromatic rings. The van der Waals surface area contributed by atoms with Crippen LogP contribution in [0.2, 0.25) is 18.1 Å². The van der Waals surface area contributed by atoms with E-state index in [1.165, 1.54) is 0 Å². The summed E-state index contributed by atoms with van der Waals surface area (Å²) < 4.78 is 11.2. The molecule has 94 valence electrons. The number of hydrogen-bond acceptors (Lipinski definition) is 2. The Morgan fingerprint density at radius 3 is 2.44 bits per heavy atom. The Kier molecular flexibility index (Phi) is 4.77. The Balaban J connectivity index is 2.13. The van der Waals surface area contributed by atoms with Gasteiger partial charge in [0, 0.05) is 0 Å². The fourth-order valence-corrected chi connectivity index (χ4v) is 2.12. The molecule has 0 aromatic carbocycles. The van der Waals surface area contributed by atoms with Crippen molar-refractivity contribution in [3.63, 3.8) is 0 Å². The zero-order valence-corrected chi connectivity index (χ0v) is 12.4. The van der Waals surface area contributed by atoms with Crippen LogP contribution in [0.5, 0.6) is 0 Å². The molecule has 1 fully saturated rings. The number of epoxide rings is 1. The van der Waals surface area contributed by atoms with E-state index in [9.17, 15) is 0 Å². The van der Waals surface area contributed by atoms with Gasteiger partial charge in [-0.1, -0.05) is 32.9 Å². The smallest absolute Gasteiger partial charge is 0.192 e. The fraction of sp³-hybridized carbons (Fsp3) is 0.846. The summed E-state index contributed by atoms with van der Waals surface area (Å²) in [4.78, 5) is 0. The average Bonchev–Trinajstić information content (AvgIpc) is 2.92. The van der Waals surface area contributed by atoms with Crippen LogP contribution >= 0.6 is 0 Å². The summed E-state index contributed by atoms with van der Waals surface area (Å²) in [7, 11) is -1.55. The maximum atomic E-state index is 6.04. The van der Waals surface area contributed by atoms with E-state index in [0.717, 1.165) is 26.1 Å². The van der Waals surface area contributed by atoms with Crippen molar-refractivity contribution in [3.8, 4) is 0 Å². The van der Waals surface area contributed by atoms with Crippen LogP contribution in [-0.4, -0.2) is 27.6 Å². The Hall–Kier alpha value is -0.123. The normalized spacial score (nSPS) is 21.7. The molecular weight excluding hydrogens is 216 g/mol. The molecule has 1 aliphatic rings. The van der Waals surface area contributed by atoms with Gasteiger partial charge in [0.05, 0.1) is 19.3 Å². The van der Waals surface area contributed by atoms with Gasteiger partial charge in [-0.3, -0.25) is 0 Å². The largest absolute Gasteiger partial charge is 0.413 e. The van der Waals surface area contributed by atoms with E-state index in [-0.39, 0.29) is 0 Å². The quantitative estimate of drug-likeness (QED) is 0.402. The van der Waals surface area contributed by atoms with E-state index in [2.05, 4.69) is 46.0 Å². The number of ether oxygens (including phenoxy) is 1. The molecule has 1 aliphatic heterocycles. The van der Waals surface area contributed by atoms with Crippen LogP contribution in [0.3, 0.4) is 0 Å². The fourth-order valence-electron chi connectivity index (χ4n) is 1.18. The minimum Gasteiger partial charge on any atom is -0.413 e. The second-order valence-corrected chi connectivity index (χ2v) is 10.9. The molecule has 1 saturated heterocycles. The maximum Gasteiger partial charge on any atom is 0.192 e. The summed E-state index contributed by atoms with van der Waals surface area (Å²) in [5, 5.41) is 0.308. The Morgan fingerprint density at radius 2 is 1.94 bits per heavy atom. The van der Waals surface area contributed by atoms with Crippen LogP contribution in [0.25, 0.3) is 0 Å². The molecule has 0 N–H and O–H groups in total. The molecule has 0 unspecified atom stereocenters. The molecule has 1 heterocycles. The molecule has 0 radical (unpaired) electrons. The summed E-state index contributed by atoms with van der Waals surface area (Å²) >= 11 is 0. The lowest BCUT2D eigenvalue weighted by molar-refractivity contribution is 0.327. The Bertz CT molecular complexity index is 237. The van der Waals surface area contributed by atoms with Crippen LogP contribution in [-0.2, 0) is 9.16 Å². The van der Waals surface area contributed by atoms with Crippen LogP contribution < -0.4 is 0 Å². The molecule has 3 heteroatoms. The lowest BCUT2D eigenvalue weighted by atomic mass is 10.2. The molecule has 1 atom stereocenters. The van der Waals surface area contributed by atoms with Crippen LogP contribution in [0.4, 0.5) is 0 Å². The third kappa shape index (κ3) is 4.81. The topological polar surface area (TPSA) is 21.8 Å². The van der Waals surface area contributed by atoms with Crippen molar-refractivity contribution >= 4 is 8.32 Å². The second kappa shape index (κ2) is 5.47. The highest BCUT2D eigenvalue weighted by molar-refractivity contribution is 6.74. The highest BCUT2D eigenvalue weighted by Crippen LogP contribution is 2.36. The molecule has 0 aromatic heterocycles. The zero-order valence-electron chi connectivity index (χ0n) is 11.4. The number of allylic oxidation sites excluding steroid dienone is 1. The van der Waals surface area contributed by atoms with Gasteiger partial charge in [0.25, 0.3) is 0 Å². The molecule has 16 heavy (non-hydrogen) atoms. The van der Waals surface area contributed by atoms with Crippen molar-refractivity contribution in [3.05, 3.63) is 12.2 Å². The van der Waals surface area contributed by atoms with E-state index >= 15 is 0 Å². The second-order valence-electron chi connectivity index (χ2n) is 6.08. The third-order valence-corrected chi connectivity index (χ3v) is 8.07. The summed E-state index contributed by atoms with van der Waals surface area (Å²) in [6.07, 6.45) is 7.20. The lowest BCUT2D eigenvalue weighted by Gasteiger charge is -2.35. The lowest BCUT2D eigenvalue weighted by Crippen LogP contribution is -2.40. The van der Waals surface area contributed by atoms with Crippen LogP contribution in [0, 0.1) is 0 Å². The van der Waals surface area contributed by atoms with Crippen molar-refractivity contribution in [2.45, 2.75) is 57.8 Å². The number of hydrogen-bond donors (Lipinski definition) is 0. The molecule has 0 spiro atoms. The molecular formula is C13H26O2Si. The number of rotatable bonds is 6. The Morgan fingerprint density at radius 1 is 1.31 bits per heavy atom. The van der Waals surface area contributed by atoms with E-state index in [0.29, 0.717) is 11.1 Å². The summed E-state index contributed by atoms with van der Waals surface area (Å²) in [5.74, 6) is 0. The van der Waals surface area contributed by atoms with Gasteiger partial charge < -0.3 is 9.16 Å².